The summed E-state index contributed by atoms with van der Waals surface area (Å²) >= 11 is 1.22. The van der Waals surface area contributed by atoms with Crippen molar-refractivity contribution in [2.24, 2.45) is 22.7 Å². The predicted molar refractivity (Wildman–Crippen MR) is 115 cm³/mol. The second-order valence-electron chi connectivity index (χ2n) is 9.43. The van der Waals surface area contributed by atoms with Crippen molar-refractivity contribution >= 4 is 17.4 Å². The van der Waals surface area contributed by atoms with Gasteiger partial charge in [-0.2, -0.15) is 4.99 Å². The Bertz CT molecular complexity index is 1030. The van der Waals surface area contributed by atoms with Gasteiger partial charge in [0.05, 0.1) is 11.5 Å². The Hall–Kier alpha value is -2.06. The van der Waals surface area contributed by atoms with Gasteiger partial charge in [-0.05, 0) is 68.4 Å². The molecule has 0 spiro atoms. The molecule has 4 aliphatic rings. The lowest BCUT2D eigenvalue weighted by Gasteiger charge is -2.56. The van der Waals surface area contributed by atoms with Crippen LogP contribution in [0.25, 0.3) is 10.4 Å². The number of hydrogen-bond donors (Lipinski definition) is 1. The molecule has 4 saturated carbocycles. The highest BCUT2D eigenvalue weighted by atomic mass is 32.1. The molecule has 1 heterocycles. The zero-order valence-electron chi connectivity index (χ0n) is 17.6. The Balaban J connectivity index is 1.42. The molecule has 0 unspecified atom stereocenters. The van der Waals surface area contributed by atoms with Crippen LogP contribution in [0.4, 0.5) is 13.6 Å². The third-order valence-corrected chi connectivity index (χ3v) is 8.11. The van der Waals surface area contributed by atoms with E-state index in [1.165, 1.54) is 42.7 Å². The first-order valence-electron chi connectivity index (χ1n) is 10.9. The number of rotatable bonds is 5. The standard InChI is InChI=1S/C23H27F2N3O2S/c1-30-5-4-28-13-20(18-3-2-17(24)9-19(18)25)31-22(28)26-21(29)27-23-10-14-6-15(11-23)8-16(7-14)12-23/h2-3,9,13-16H,4-8,10-12H2,1H3,(H,27,29). The third kappa shape index (κ3) is 4.20. The zero-order chi connectivity index (χ0) is 21.6. The van der Waals surface area contributed by atoms with Crippen LogP contribution in [0, 0.1) is 29.4 Å². The Labute approximate surface area is 184 Å². The highest BCUT2D eigenvalue weighted by Crippen LogP contribution is 2.55. The van der Waals surface area contributed by atoms with E-state index >= 15 is 0 Å². The fourth-order valence-electron chi connectivity index (χ4n) is 6.24. The smallest absolute Gasteiger partial charge is 0.344 e. The first-order valence-corrected chi connectivity index (χ1v) is 11.8. The summed E-state index contributed by atoms with van der Waals surface area (Å²) in [5, 5.41) is 3.26. The molecule has 31 heavy (non-hydrogen) atoms. The number of benzene rings is 1. The Morgan fingerprint density at radius 1 is 1.23 bits per heavy atom. The monoisotopic (exact) mass is 447 g/mol. The van der Waals surface area contributed by atoms with E-state index in [1.54, 1.807) is 17.9 Å². The van der Waals surface area contributed by atoms with Gasteiger partial charge < -0.3 is 14.6 Å². The summed E-state index contributed by atoms with van der Waals surface area (Å²) in [5.74, 6) is 0.934. The van der Waals surface area contributed by atoms with Gasteiger partial charge in [0.25, 0.3) is 0 Å². The number of thiazole rings is 1. The van der Waals surface area contributed by atoms with Crippen molar-refractivity contribution in [3.8, 4) is 10.4 Å². The third-order valence-electron chi connectivity index (χ3n) is 7.06. The van der Waals surface area contributed by atoms with Gasteiger partial charge >= 0.3 is 6.03 Å². The van der Waals surface area contributed by atoms with Crippen LogP contribution >= 0.6 is 11.3 Å². The molecule has 1 aromatic carbocycles. The van der Waals surface area contributed by atoms with Gasteiger partial charge in [-0.25, -0.2) is 13.6 Å². The number of amides is 2. The fraction of sp³-hybridized carbons (Fsp3) is 0.565. The van der Waals surface area contributed by atoms with Crippen LogP contribution in [-0.4, -0.2) is 29.9 Å². The van der Waals surface area contributed by atoms with Crippen molar-refractivity contribution in [1.82, 2.24) is 9.88 Å². The molecule has 8 heteroatoms. The number of carbonyl (C=O) groups excluding carboxylic acids is 1. The molecule has 0 radical (unpaired) electrons. The van der Waals surface area contributed by atoms with Crippen molar-refractivity contribution < 1.29 is 18.3 Å². The normalized spacial score (nSPS) is 29.5. The van der Waals surface area contributed by atoms with Gasteiger partial charge in [-0.15, -0.1) is 0 Å². The van der Waals surface area contributed by atoms with E-state index in [4.69, 9.17) is 4.74 Å². The van der Waals surface area contributed by atoms with E-state index < -0.39 is 11.6 Å². The molecule has 1 N–H and O–H groups in total. The van der Waals surface area contributed by atoms with E-state index in [1.807, 2.05) is 0 Å². The van der Waals surface area contributed by atoms with E-state index in [0.29, 0.717) is 28.4 Å². The summed E-state index contributed by atoms with van der Waals surface area (Å²) in [4.78, 5) is 18.4. The zero-order valence-corrected chi connectivity index (χ0v) is 18.4. The Morgan fingerprint density at radius 2 is 1.90 bits per heavy atom. The fourth-order valence-corrected chi connectivity index (χ4v) is 7.28. The minimum Gasteiger partial charge on any atom is -0.383 e. The van der Waals surface area contributed by atoms with Crippen molar-refractivity contribution in [2.45, 2.75) is 50.6 Å². The van der Waals surface area contributed by atoms with Crippen LogP contribution < -0.4 is 10.1 Å². The molecule has 4 fully saturated rings. The van der Waals surface area contributed by atoms with Crippen LogP contribution in [0.15, 0.2) is 29.4 Å². The second-order valence-corrected chi connectivity index (χ2v) is 10.4. The first kappa shape index (κ1) is 20.8. The molecule has 0 aliphatic heterocycles. The average Bonchev–Trinajstić information content (AvgIpc) is 3.06. The number of ether oxygens (including phenoxy) is 1. The summed E-state index contributed by atoms with van der Waals surface area (Å²) in [6, 6.07) is 3.18. The number of halogens is 2. The minimum absolute atomic E-state index is 0.115. The number of urea groups is 1. The molecular formula is C23H27F2N3O2S. The van der Waals surface area contributed by atoms with Gasteiger partial charge in [-0.3, -0.25) is 0 Å². The van der Waals surface area contributed by atoms with E-state index in [0.717, 1.165) is 43.1 Å². The molecule has 1 aromatic heterocycles. The first-order chi connectivity index (χ1) is 14.9. The van der Waals surface area contributed by atoms with Crippen LogP contribution in [0.1, 0.15) is 38.5 Å². The predicted octanol–water partition coefficient (Wildman–Crippen LogP) is 4.72. The second kappa shape index (κ2) is 8.13. The van der Waals surface area contributed by atoms with Crippen LogP contribution in [0.5, 0.6) is 0 Å². The molecule has 166 valence electrons. The molecule has 4 bridgehead atoms. The van der Waals surface area contributed by atoms with E-state index in [9.17, 15) is 13.6 Å². The number of methoxy groups -OCH3 is 1. The average molecular weight is 448 g/mol. The highest BCUT2D eigenvalue weighted by Gasteiger charge is 2.51. The van der Waals surface area contributed by atoms with Crippen LogP contribution in [0.2, 0.25) is 0 Å². The van der Waals surface area contributed by atoms with Crippen molar-refractivity contribution in [3.05, 3.63) is 40.8 Å². The van der Waals surface area contributed by atoms with Crippen molar-refractivity contribution in [3.63, 3.8) is 0 Å². The maximum Gasteiger partial charge on any atom is 0.344 e. The van der Waals surface area contributed by atoms with Gasteiger partial charge in [0.1, 0.15) is 11.6 Å². The van der Waals surface area contributed by atoms with Crippen LogP contribution in [0.3, 0.4) is 0 Å². The number of carbonyl (C=O) groups is 1. The summed E-state index contributed by atoms with van der Waals surface area (Å²) in [6.45, 7) is 0.922. The van der Waals surface area contributed by atoms with Gasteiger partial charge in [0, 0.05) is 37.0 Å². The summed E-state index contributed by atoms with van der Waals surface area (Å²) in [5.41, 5.74) is 0.177. The van der Waals surface area contributed by atoms with Crippen molar-refractivity contribution in [1.29, 1.82) is 0 Å². The Kier molecular flexibility index (Phi) is 5.46. The number of hydrogen-bond acceptors (Lipinski definition) is 3. The summed E-state index contributed by atoms with van der Waals surface area (Å²) in [6.07, 6.45) is 8.83. The molecule has 2 aromatic rings. The van der Waals surface area contributed by atoms with Crippen molar-refractivity contribution in [2.75, 3.05) is 13.7 Å². The molecule has 0 atom stereocenters. The summed E-state index contributed by atoms with van der Waals surface area (Å²) < 4.78 is 34.6. The number of nitrogens with zero attached hydrogens (tertiary/aromatic N) is 2. The number of aromatic nitrogens is 1. The molecular weight excluding hydrogens is 420 g/mol. The van der Waals surface area contributed by atoms with Gasteiger partial charge in [0.2, 0.25) is 0 Å². The molecule has 4 aliphatic carbocycles. The highest BCUT2D eigenvalue weighted by molar-refractivity contribution is 7.12. The van der Waals surface area contributed by atoms with E-state index in [-0.39, 0.29) is 11.6 Å². The molecule has 5 nitrogen and oxygen atoms in total. The lowest BCUT2D eigenvalue weighted by atomic mass is 9.53. The lowest BCUT2D eigenvalue weighted by molar-refractivity contribution is -0.0130. The molecule has 6 rings (SSSR count). The van der Waals surface area contributed by atoms with E-state index in [2.05, 4.69) is 10.3 Å². The van der Waals surface area contributed by atoms with Gasteiger partial charge in [-0.1, -0.05) is 11.3 Å². The topological polar surface area (TPSA) is 55.6 Å². The lowest BCUT2D eigenvalue weighted by Crippen LogP contribution is -2.59. The Morgan fingerprint density at radius 3 is 2.52 bits per heavy atom. The quantitative estimate of drug-likeness (QED) is 0.721. The maximum atomic E-state index is 14.3. The molecule has 2 amide bonds. The van der Waals surface area contributed by atoms with Crippen LogP contribution in [-0.2, 0) is 11.3 Å². The summed E-state index contributed by atoms with van der Waals surface area (Å²) in [7, 11) is 1.60. The largest absolute Gasteiger partial charge is 0.383 e. The molecule has 0 saturated heterocycles. The number of nitrogens with one attached hydrogen (secondary N) is 1. The SMILES string of the molecule is COCCn1cc(-c2ccc(F)cc2F)sc1=NC(=O)NC12CC3CC(CC(C3)C1)C2. The maximum absolute atomic E-state index is 14.3. The minimum atomic E-state index is -0.635. The van der Waals surface area contributed by atoms with Gasteiger partial charge in [0.15, 0.2) is 4.80 Å².